The highest BCUT2D eigenvalue weighted by atomic mass is 32.1. The summed E-state index contributed by atoms with van der Waals surface area (Å²) in [6.45, 7) is 0. The van der Waals surface area contributed by atoms with Crippen LogP contribution in [0.2, 0.25) is 0 Å². The average molecular weight is 300 g/mol. The molecule has 0 unspecified atom stereocenters. The molecule has 0 radical (unpaired) electrons. The standard InChI is InChI=1S/C16H16N2O2S/c1-18(2)13-8-7-10(11-5-3-4-6-12(11)13)9-14-15(19)17-16(20)21-14/h3-8,19H,9H2,1-2H3,(H,17,20). The lowest BCUT2D eigenvalue weighted by Gasteiger charge is -2.17. The van der Waals surface area contributed by atoms with Crippen molar-refractivity contribution >= 4 is 27.8 Å². The summed E-state index contributed by atoms with van der Waals surface area (Å²) < 4.78 is 0. The molecular formula is C16H16N2O2S. The molecule has 2 N–H and O–H groups in total. The van der Waals surface area contributed by atoms with E-state index in [2.05, 4.69) is 34.1 Å². The second-order valence-electron chi connectivity index (χ2n) is 5.15. The van der Waals surface area contributed by atoms with E-state index in [1.807, 2.05) is 26.2 Å². The zero-order valence-corrected chi connectivity index (χ0v) is 12.7. The Morgan fingerprint density at radius 2 is 1.86 bits per heavy atom. The van der Waals surface area contributed by atoms with Crippen LogP contribution in [0.15, 0.2) is 41.2 Å². The Morgan fingerprint density at radius 3 is 2.48 bits per heavy atom. The number of fused-ring (bicyclic) bond motifs is 1. The first-order valence-electron chi connectivity index (χ1n) is 6.65. The van der Waals surface area contributed by atoms with Crippen molar-refractivity contribution in [3.8, 4) is 5.88 Å². The van der Waals surface area contributed by atoms with Crippen LogP contribution < -0.4 is 9.77 Å². The number of nitrogens with one attached hydrogen (secondary N) is 1. The van der Waals surface area contributed by atoms with Crippen molar-refractivity contribution in [2.45, 2.75) is 6.42 Å². The molecule has 0 saturated carbocycles. The average Bonchev–Trinajstić information content (AvgIpc) is 2.77. The Hall–Kier alpha value is -2.27. The number of nitrogens with zero attached hydrogens (tertiary/aromatic N) is 1. The summed E-state index contributed by atoms with van der Waals surface area (Å²) in [4.78, 5) is 16.2. The van der Waals surface area contributed by atoms with Gasteiger partial charge in [-0.1, -0.05) is 41.7 Å². The third-order valence-corrected chi connectivity index (χ3v) is 4.40. The normalized spacial score (nSPS) is 11.0. The molecule has 108 valence electrons. The van der Waals surface area contributed by atoms with Crippen molar-refractivity contribution < 1.29 is 5.11 Å². The molecule has 3 aromatic rings. The molecule has 0 fully saturated rings. The monoisotopic (exact) mass is 300 g/mol. The van der Waals surface area contributed by atoms with Crippen LogP contribution in [0, 0.1) is 0 Å². The second kappa shape index (κ2) is 5.26. The quantitative estimate of drug-likeness (QED) is 0.782. The summed E-state index contributed by atoms with van der Waals surface area (Å²) in [6, 6.07) is 12.3. The van der Waals surface area contributed by atoms with Crippen molar-refractivity contribution in [1.82, 2.24) is 4.98 Å². The van der Waals surface area contributed by atoms with Crippen molar-refractivity contribution in [2.75, 3.05) is 19.0 Å². The molecule has 2 aromatic carbocycles. The van der Waals surface area contributed by atoms with E-state index in [1.54, 1.807) is 0 Å². The van der Waals surface area contributed by atoms with E-state index in [-0.39, 0.29) is 10.8 Å². The van der Waals surface area contributed by atoms with Gasteiger partial charge in [-0.15, -0.1) is 0 Å². The molecule has 1 aromatic heterocycles. The minimum absolute atomic E-state index is 0.0224. The smallest absolute Gasteiger partial charge is 0.307 e. The van der Waals surface area contributed by atoms with E-state index in [0.29, 0.717) is 11.3 Å². The minimum atomic E-state index is -0.225. The Bertz CT molecular complexity index is 849. The van der Waals surface area contributed by atoms with Gasteiger partial charge in [-0.2, -0.15) is 0 Å². The van der Waals surface area contributed by atoms with E-state index >= 15 is 0 Å². The zero-order chi connectivity index (χ0) is 15.0. The molecule has 0 bridgehead atoms. The zero-order valence-electron chi connectivity index (χ0n) is 11.9. The van der Waals surface area contributed by atoms with E-state index in [0.717, 1.165) is 28.0 Å². The molecule has 0 spiro atoms. The summed E-state index contributed by atoms with van der Waals surface area (Å²) in [5.41, 5.74) is 2.25. The summed E-state index contributed by atoms with van der Waals surface area (Å²) in [7, 11) is 4.04. The first-order chi connectivity index (χ1) is 10.1. The van der Waals surface area contributed by atoms with Gasteiger partial charge in [-0.25, -0.2) is 0 Å². The molecule has 4 nitrogen and oxygen atoms in total. The summed E-state index contributed by atoms with van der Waals surface area (Å²) in [6.07, 6.45) is 0.545. The molecule has 1 heterocycles. The molecular weight excluding hydrogens is 284 g/mol. The highest BCUT2D eigenvalue weighted by Gasteiger charge is 2.12. The maximum absolute atomic E-state index is 11.3. The Balaban J connectivity index is 2.14. The van der Waals surface area contributed by atoms with E-state index in [9.17, 15) is 9.90 Å². The van der Waals surface area contributed by atoms with Crippen molar-refractivity contribution in [3.63, 3.8) is 0 Å². The van der Waals surface area contributed by atoms with E-state index in [4.69, 9.17) is 0 Å². The van der Waals surface area contributed by atoms with Gasteiger partial charge in [0.1, 0.15) is 0 Å². The van der Waals surface area contributed by atoms with Crippen LogP contribution in [0.4, 0.5) is 5.69 Å². The maximum Gasteiger partial charge on any atom is 0.307 e. The third-order valence-electron chi connectivity index (χ3n) is 3.52. The number of aromatic amines is 1. The molecule has 3 rings (SSSR count). The van der Waals surface area contributed by atoms with Gasteiger partial charge in [-0.05, 0) is 17.0 Å². The van der Waals surface area contributed by atoms with Crippen LogP contribution in [-0.2, 0) is 6.42 Å². The van der Waals surface area contributed by atoms with Gasteiger partial charge in [0.05, 0.1) is 4.88 Å². The van der Waals surface area contributed by atoms with E-state index < -0.39 is 0 Å². The number of hydrogen-bond acceptors (Lipinski definition) is 4. The predicted octanol–water partition coefficient (Wildman–Crippen LogP) is 2.95. The summed E-state index contributed by atoms with van der Waals surface area (Å²) >= 11 is 1.06. The first-order valence-corrected chi connectivity index (χ1v) is 7.47. The fourth-order valence-corrected chi connectivity index (χ4v) is 3.28. The topological polar surface area (TPSA) is 56.3 Å². The van der Waals surface area contributed by atoms with Crippen LogP contribution in [0.5, 0.6) is 5.88 Å². The summed E-state index contributed by atoms with van der Waals surface area (Å²) in [5.74, 6) is -0.0224. The number of thiazole rings is 1. The Kier molecular flexibility index (Phi) is 3.43. The molecule has 5 heteroatoms. The molecule has 0 aliphatic carbocycles. The van der Waals surface area contributed by atoms with Gasteiger partial charge in [0.25, 0.3) is 0 Å². The van der Waals surface area contributed by atoms with Crippen molar-refractivity contribution in [2.24, 2.45) is 0 Å². The van der Waals surface area contributed by atoms with Gasteiger partial charge >= 0.3 is 4.87 Å². The fraction of sp³-hybridized carbons (Fsp3) is 0.188. The Morgan fingerprint density at radius 1 is 1.14 bits per heavy atom. The number of hydrogen-bond donors (Lipinski definition) is 2. The lowest BCUT2D eigenvalue weighted by atomic mass is 10.00. The second-order valence-corrected chi connectivity index (χ2v) is 6.21. The van der Waals surface area contributed by atoms with Crippen molar-refractivity contribution in [1.29, 1.82) is 0 Å². The number of aromatic nitrogens is 1. The minimum Gasteiger partial charge on any atom is -0.494 e. The molecule has 0 atom stereocenters. The maximum atomic E-state index is 11.3. The third kappa shape index (κ3) is 2.52. The van der Waals surface area contributed by atoms with Gasteiger partial charge < -0.3 is 10.0 Å². The van der Waals surface area contributed by atoms with Gasteiger partial charge in [0, 0.05) is 31.6 Å². The van der Waals surface area contributed by atoms with Gasteiger partial charge in [0.2, 0.25) is 5.88 Å². The van der Waals surface area contributed by atoms with Gasteiger partial charge in [0.15, 0.2) is 0 Å². The lowest BCUT2D eigenvalue weighted by molar-refractivity contribution is 0.451. The van der Waals surface area contributed by atoms with Crippen LogP contribution in [-0.4, -0.2) is 24.2 Å². The van der Waals surface area contributed by atoms with Crippen LogP contribution in [0.1, 0.15) is 10.4 Å². The molecule has 0 aliphatic rings. The molecule has 0 saturated heterocycles. The van der Waals surface area contributed by atoms with Crippen LogP contribution in [0.3, 0.4) is 0 Å². The highest BCUT2D eigenvalue weighted by Crippen LogP contribution is 2.31. The number of anilines is 1. The molecule has 0 aliphatic heterocycles. The number of rotatable bonds is 3. The first kappa shape index (κ1) is 13.7. The number of benzene rings is 2. The Labute approximate surface area is 126 Å². The SMILES string of the molecule is CN(C)c1ccc(Cc2sc(=O)[nH]c2O)c2ccccc12. The highest BCUT2D eigenvalue weighted by molar-refractivity contribution is 7.09. The fourth-order valence-electron chi connectivity index (χ4n) is 2.53. The largest absolute Gasteiger partial charge is 0.494 e. The summed E-state index contributed by atoms with van der Waals surface area (Å²) in [5, 5.41) is 12.1. The predicted molar refractivity (Wildman–Crippen MR) is 87.7 cm³/mol. The van der Waals surface area contributed by atoms with Crippen molar-refractivity contribution in [3.05, 3.63) is 56.5 Å². The van der Waals surface area contributed by atoms with Crippen LogP contribution >= 0.6 is 11.3 Å². The number of aromatic hydroxyl groups is 1. The van der Waals surface area contributed by atoms with E-state index in [1.165, 1.54) is 5.39 Å². The van der Waals surface area contributed by atoms with Gasteiger partial charge in [-0.3, -0.25) is 9.78 Å². The molecule has 0 amide bonds. The number of H-pyrrole nitrogens is 1. The lowest BCUT2D eigenvalue weighted by Crippen LogP contribution is -2.09. The van der Waals surface area contributed by atoms with Crippen LogP contribution in [0.25, 0.3) is 10.8 Å². The molecule has 21 heavy (non-hydrogen) atoms.